The van der Waals surface area contributed by atoms with Crippen molar-refractivity contribution in [1.29, 1.82) is 0 Å². The summed E-state index contributed by atoms with van der Waals surface area (Å²) in [4.78, 5) is 12.1. The Hall–Kier alpha value is -2.36. The molecule has 4 heteroatoms. The van der Waals surface area contributed by atoms with Crippen molar-refractivity contribution in [2.24, 2.45) is 0 Å². The van der Waals surface area contributed by atoms with Crippen LogP contribution in [0, 0.1) is 5.82 Å². The van der Waals surface area contributed by atoms with Gasteiger partial charge in [0.05, 0.1) is 19.1 Å². The number of halogens is 1. The Labute approximate surface area is 122 Å². The number of amides is 1. The molecule has 3 nitrogen and oxygen atoms in total. The Balaban J connectivity index is 1.71. The molecular weight excluding hydrogens is 269 g/mol. The molecule has 21 heavy (non-hydrogen) atoms. The van der Waals surface area contributed by atoms with Gasteiger partial charge in [0.2, 0.25) is 5.91 Å². The normalized spacial score (nSPS) is 16.7. The first kappa shape index (κ1) is 13.6. The van der Waals surface area contributed by atoms with E-state index in [1.54, 1.807) is 6.07 Å². The molecule has 0 aliphatic carbocycles. The van der Waals surface area contributed by atoms with Gasteiger partial charge in [0.15, 0.2) is 0 Å². The Morgan fingerprint density at radius 1 is 1.24 bits per heavy atom. The van der Waals surface area contributed by atoms with Crippen LogP contribution < -0.4 is 10.1 Å². The fourth-order valence-corrected chi connectivity index (χ4v) is 2.54. The zero-order valence-electron chi connectivity index (χ0n) is 11.5. The van der Waals surface area contributed by atoms with Crippen LogP contribution in [0.15, 0.2) is 48.5 Å². The van der Waals surface area contributed by atoms with Gasteiger partial charge >= 0.3 is 0 Å². The number of fused-ring (bicyclic) bond motifs is 1. The number of carbonyl (C=O) groups excluding carboxylic acids is 1. The number of rotatable bonds is 3. The lowest BCUT2D eigenvalue weighted by atomic mass is 10.00. The van der Waals surface area contributed by atoms with Crippen molar-refractivity contribution in [3.05, 3.63) is 65.5 Å². The highest BCUT2D eigenvalue weighted by molar-refractivity contribution is 5.79. The van der Waals surface area contributed by atoms with Gasteiger partial charge in [0.25, 0.3) is 0 Å². The van der Waals surface area contributed by atoms with Gasteiger partial charge in [-0.15, -0.1) is 0 Å². The van der Waals surface area contributed by atoms with Gasteiger partial charge in [-0.05, 0) is 23.8 Å². The standard InChI is InChI=1S/C17H16FNO2/c18-13-6-7-16-14(11-13)15(8-9-21-16)19-17(20)10-12-4-2-1-3-5-12/h1-7,11,15H,8-10H2,(H,19,20). The molecule has 1 aliphatic heterocycles. The van der Waals surface area contributed by atoms with E-state index in [4.69, 9.17) is 4.74 Å². The second-order valence-electron chi connectivity index (χ2n) is 5.10. The first-order chi connectivity index (χ1) is 10.2. The summed E-state index contributed by atoms with van der Waals surface area (Å²) in [5, 5.41) is 2.97. The molecule has 0 radical (unpaired) electrons. The zero-order chi connectivity index (χ0) is 14.7. The summed E-state index contributed by atoms with van der Waals surface area (Å²) in [5.41, 5.74) is 1.67. The summed E-state index contributed by atoms with van der Waals surface area (Å²) in [6.45, 7) is 0.523. The molecule has 1 amide bonds. The van der Waals surface area contributed by atoms with Crippen molar-refractivity contribution >= 4 is 5.91 Å². The number of ether oxygens (including phenoxy) is 1. The minimum Gasteiger partial charge on any atom is -0.493 e. The molecule has 0 aromatic heterocycles. The Morgan fingerprint density at radius 3 is 2.86 bits per heavy atom. The zero-order valence-corrected chi connectivity index (χ0v) is 11.5. The lowest BCUT2D eigenvalue weighted by Crippen LogP contribution is -2.33. The van der Waals surface area contributed by atoms with Crippen LogP contribution in [-0.4, -0.2) is 12.5 Å². The average Bonchev–Trinajstić information content (AvgIpc) is 2.49. The molecule has 3 rings (SSSR count). The number of nitrogens with one attached hydrogen (secondary N) is 1. The summed E-state index contributed by atoms with van der Waals surface area (Å²) >= 11 is 0. The van der Waals surface area contributed by atoms with Gasteiger partial charge in [0, 0.05) is 12.0 Å². The molecule has 0 spiro atoms. The topological polar surface area (TPSA) is 38.3 Å². The highest BCUT2D eigenvalue weighted by Gasteiger charge is 2.23. The van der Waals surface area contributed by atoms with Crippen LogP contribution in [-0.2, 0) is 11.2 Å². The first-order valence-electron chi connectivity index (χ1n) is 6.98. The maximum absolute atomic E-state index is 13.4. The molecule has 2 aromatic carbocycles. The van der Waals surface area contributed by atoms with Crippen molar-refractivity contribution in [1.82, 2.24) is 5.32 Å². The van der Waals surface area contributed by atoms with Crippen molar-refractivity contribution in [3.63, 3.8) is 0 Å². The molecule has 1 atom stereocenters. The fraction of sp³-hybridized carbons (Fsp3) is 0.235. The van der Waals surface area contributed by atoms with Gasteiger partial charge in [-0.1, -0.05) is 30.3 Å². The predicted molar refractivity (Wildman–Crippen MR) is 77.5 cm³/mol. The van der Waals surface area contributed by atoms with Gasteiger partial charge < -0.3 is 10.1 Å². The largest absolute Gasteiger partial charge is 0.493 e. The molecule has 108 valence electrons. The molecule has 2 aromatic rings. The summed E-state index contributed by atoms with van der Waals surface area (Å²) < 4.78 is 18.9. The predicted octanol–water partition coefficient (Wildman–Crippen LogP) is 3.01. The summed E-state index contributed by atoms with van der Waals surface area (Å²) in [6, 6.07) is 13.8. The smallest absolute Gasteiger partial charge is 0.224 e. The molecular formula is C17H16FNO2. The van der Waals surface area contributed by atoms with Crippen molar-refractivity contribution < 1.29 is 13.9 Å². The fourth-order valence-electron chi connectivity index (χ4n) is 2.54. The molecule has 0 saturated carbocycles. The minimum atomic E-state index is -0.318. The second-order valence-corrected chi connectivity index (χ2v) is 5.10. The van der Waals surface area contributed by atoms with Gasteiger partial charge in [-0.25, -0.2) is 4.39 Å². The van der Waals surface area contributed by atoms with Crippen LogP contribution in [0.1, 0.15) is 23.6 Å². The van der Waals surface area contributed by atoms with Gasteiger partial charge in [0.1, 0.15) is 11.6 Å². The van der Waals surface area contributed by atoms with E-state index in [9.17, 15) is 9.18 Å². The first-order valence-corrected chi connectivity index (χ1v) is 6.98. The lowest BCUT2D eigenvalue weighted by molar-refractivity contribution is -0.121. The van der Waals surface area contributed by atoms with Crippen molar-refractivity contribution in [2.45, 2.75) is 18.9 Å². The Morgan fingerprint density at radius 2 is 2.05 bits per heavy atom. The van der Waals surface area contributed by atoms with Crippen LogP contribution in [0.2, 0.25) is 0 Å². The Bertz CT molecular complexity index is 642. The van der Waals surface area contributed by atoms with E-state index in [1.807, 2.05) is 30.3 Å². The quantitative estimate of drug-likeness (QED) is 0.941. The summed E-state index contributed by atoms with van der Waals surface area (Å²) in [5.74, 6) is 0.262. The monoisotopic (exact) mass is 285 g/mol. The third kappa shape index (κ3) is 3.21. The number of hydrogen-bond acceptors (Lipinski definition) is 2. The molecule has 1 heterocycles. The summed E-state index contributed by atoms with van der Waals surface area (Å²) in [7, 11) is 0. The molecule has 0 bridgehead atoms. The van der Waals surface area contributed by atoms with Crippen LogP contribution >= 0.6 is 0 Å². The van der Waals surface area contributed by atoms with Crippen molar-refractivity contribution in [2.75, 3.05) is 6.61 Å². The minimum absolute atomic E-state index is 0.0664. The number of hydrogen-bond donors (Lipinski definition) is 1. The molecule has 0 fully saturated rings. The molecule has 1 unspecified atom stereocenters. The van der Waals surface area contributed by atoms with E-state index in [0.717, 1.165) is 5.56 Å². The lowest BCUT2D eigenvalue weighted by Gasteiger charge is -2.26. The average molecular weight is 285 g/mol. The van der Waals surface area contributed by atoms with Crippen molar-refractivity contribution in [3.8, 4) is 5.75 Å². The van der Waals surface area contributed by atoms with Crippen LogP contribution in [0.4, 0.5) is 4.39 Å². The van der Waals surface area contributed by atoms with Gasteiger partial charge in [-0.2, -0.15) is 0 Å². The maximum Gasteiger partial charge on any atom is 0.224 e. The van der Waals surface area contributed by atoms with Crippen LogP contribution in [0.25, 0.3) is 0 Å². The SMILES string of the molecule is O=C(Cc1ccccc1)NC1CCOc2ccc(F)cc21. The van der Waals surface area contributed by atoms with E-state index in [-0.39, 0.29) is 17.8 Å². The van der Waals surface area contributed by atoms with E-state index in [1.165, 1.54) is 12.1 Å². The molecule has 1 aliphatic rings. The van der Waals surface area contributed by atoms with Crippen LogP contribution in [0.3, 0.4) is 0 Å². The number of benzene rings is 2. The maximum atomic E-state index is 13.4. The second kappa shape index (κ2) is 5.95. The van der Waals surface area contributed by atoms with E-state index in [0.29, 0.717) is 30.8 Å². The third-order valence-corrected chi connectivity index (χ3v) is 3.55. The highest BCUT2D eigenvalue weighted by atomic mass is 19.1. The summed E-state index contributed by atoms with van der Waals surface area (Å²) in [6.07, 6.45) is 0.972. The van der Waals surface area contributed by atoms with E-state index < -0.39 is 0 Å². The van der Waals surface area contributed by atoms with Crippen LogP contribution in [0.5, 0.6) is 5.75 Å². The Kier molecular flexibility index (Phi) is 3.86. The van der Waals surface area contributed by atoms with E-state index in [2.05, 4.69) is 5.32 Å². The molecule has 0 saturated heterocycles. The third-order valence-electron chi connectivity index (χ3n) is 3.55. The van der Waals surface area contributed by atoms with E-state index >= 15 is 0 Å². The number of carbonyl (C=O) groups is 1. The highest BCUT2D eigenvalue weighted by Crippen LogP contribution is 2.32. The molecule has 1 N–H and O–H groups in total. The van der Waals surface area contributed by atoms with Gasteiger partial charge in [-0.3, -0.25) is 4.79 Å².